The van der Waals surface area contributed by atoms with Crippen molar-refractivity contribution < 1.29 is 22.3 Å². The van der Waals surface area contributed by atoms with Crippen molar-refractivity contribution in [1.29, 1.82) is 0 Å². The number of sulfonamides is 1. The fraction of sp³-hybridized carbons (Fsp3) is 0.412. The average molecular weight is 366 g/mol. The minimum atomic E-state index is -4.09. The summed E-state index contributed by atoms with van der Waals surface area (Å²) < 4.78 is 46.2. The van der Waals surface area contributed by atoms with E-state index in [0.717, 1.165) is 31.6 Å². The van der Waals surface area contributed by atoms with Crippen molar-refractivity contribution in [3.8, 4) is 0 Å². The monoisotopic (exact) mass is 366 g/mol. The van der Waals surface area contributed by atoms with Crippen LogP contribution in [0, 0.1) is 11.7 Å². The largest absolute Gasteiger partial charge is 0.381 e. The number of hydrogen-bond donors (Lipinski definition) is 1. The first kappa shape index (κ1) is 17.8. The number of ether oxygens (including phenoxy) is 1. The van der Waals surface area contributed by atoms with E-state index in [2.05, 4.69) is 9.71 Å². The van der Waals surface area contributed by atoms with E-state index in [9.17, 15) is 17.6 Å². The van der Waals surface area contributed by atoms with Gasteiger partial charge in [-0.05, 0) is 49.4 Å². The number of carbonyl (C=O) groups is 1. The van der Waals surface area contributed by atoms with Crippen LogP contribution in [0.3, 0.4) is 0 Å². The number of hydrogen-bond acceptors (Lipinski definition) is 5. The summed E-state index contributed by atoms with van der Waals surface area (Å²) in [7, 11) is -4.09. The van der Waals surface area contributed by atoms with E-state index in [1.165, 1.54) is 18.3 Å². The van der Waals surface area contributed by atoms with Crippen LogP contribution in [-0.2, 0) is 19.6 Å². The molecular formula is C17H19FN2O4S. The van der Waals surface area contributed by atoms with Crippen molar-refractivity contribution in [2.75, 3.05) is 13.2 Å². The van der Waals surface area contributed by atoms with E-state index in [1.54, 1.807) is 0 Å². The number of fused-ring (bicyclic) bond motifs is 1. The summed E-state index contributed by atoms with van der Waals surface area (Å²) >= 11 is 0. The second-order valence-corrected chi connectivity index (χ2v) is 7.75. The number of pyridine rings is 1. The molecule has 1 amide bonds. The number of amides is 1. The predicted octanol–water partition coefficient (Wildman–Crippen LogP) is 2.39. The van der Waals surface area contributed by atoms with Gasteiger partial charge in [0.25, 0.3) is 10.0 Å². The molecule has 1 aromatic heterocycles. The summed E-state index contributed by atoms with van der Waals surface area (Å²) in [6, 6.07) is 5.16. The van der Waals surface area contributed by atoms with E-state index >= 15 is 0 Å². The number of rotatable bonds is 5. The summed E-state index contributed by atoms with van der Waals surface area (Å²) in [6.45, 7) is 1.34. The van der Waals surface area contributed by atoms with Crippen LogP contribution in [0.4, 0.5) is 4.39 Å². The number of carbonyl (C=O) groups excluding carboxylic acids is 1. The number of benzene rings is 1. The lowest BCUT2D eigenvalue weighted by atomic mass is 9.97. The fourth-order valence-corrected chi connectivity index (χ4v) is 4.19. The zero-order valence-corrected chi connectivity index (χ0v) is 14.4. The van der Waals surface area contributed by atoms with Crippen LogP contribution in [0.2, 0.25) is 0 Å². The van der Waals surface area contributed by atoms with Crippen molar-refractivity contribution >= 4 is 26.8 Å². The minimum Gasteiger partial charge on any atom is -0.381 e. The Labute approximate surface area is 145 Å². The molecule has 25 heavy (non-hydrogen) atoms. The first-order valence-electron chi connectivity index (χ1n) is 8.14. The molecule has 3 rings (SSSR count). The molecule has 1 fully saturated rings. The molecule has 0 bridgehead atoms. The molecular weight excluding hydrogens is 347 g/mol. The molecule has 1 N–H and O–H groups in total. The van der Waals surface area contributed by atoms with Gasteiger partial charge in [-0.15, -0.1) is 0 Å². The van der Waals surface area contributed by atoms with E-state index in [-0.39, 0.29) is 28.1 Å². The van der Waals surface area contributed by atoms with E-state index in [1.807, 2.05) is 0 Å². The lowest BCUT2D eigenvalue weighted by Crippen LogP contribution is -2.31. The Balaban J connectivity index is 1.73. The Bertz CT molecular complexity index is 879. The Morgan fingerprint density at radius 1 is 1.36 bits per heavy atom. The Hall–Kier alpha value is -2.06. The standard InChI is InChI=1S/C17H19FN2O4S/c18-14-6-7-15(13-4-1-9-19-17(13)14)25(22,23)20-16(21)8-5-12-3-2-10-24-11-12/h1,4,6-7,9,12H,2-3,5,8,10-11H2,(H,20,21)/t12-/m1/s1. The highest BCUT2D eigenvalue weighted by Gasteiger charge is 2.23. The third-order valence-corrected chi connectivity index (χ3v) is 5.68. The van der Waals surface area contributed by atoms with Crippen molar-refractivity contribution in [3.63, 3.8) is 0 Å². The van der Waals surface area contributed by atoms with Gasteiger partial charge in [0.2, 0.25) is 5.91 Å². The Morgan fingerprint density at radius 3 is 2.96 bits per heavy atom. The molecule has 1 aromatic carbocycles. The average Bonchev–Trinajstić information content (AvgIpc) is 2.61. The van der Waals surface area contributed by atoms with Crippen molar-refractivity contribution in [2.24, 2.45) is 5.92 Å². The fourth-order valence-electron chi connectivity index (χ4n) is 2.97. The van der Waals surface area contributed by atoms with E-state index in [4.69, 9.17) is 4.74 Å². The number of halogens is 1. The molecule has 0 unspecified atom stereocenters. The minimum absolute atomic E-state index is 0.0443. The van der Waals surface area contributed by atoms with Gasteiger partial charge >= 0.3 is 0 Å². The molecule has 6 nitrogen and oxygen atoms in total. The smallest absolute Gasteiger partial charge is 0.264 e. The maximum atomic E-state index is 13.8. The molecule has 2 heterocycles. The zero-order valence-electron chi connectivity index (χ0n) is 13.6. The Morgan fingerprint density at radius 2 is 2.20 bits per heavy atom. The van der Waals surface area contributed by atoms with E-state index in [0.29, 0.717) is 13.0 Å². The molecule has 0 saturated carbocycles. The van der Waals surface area contributed by atoms with Gasteiger partial charge in [0, 0.05) is 31.2 Å². The van der Waals surface area contributed by atoms with Gasteiger partial charge in [-0.3, -0.25) is 9.78 Å². The number of nitrogens with zero attached hydrogens (tertiary/aromatic N) is 1. The third-order valence-electron chi connectivity index (χ3n) is 4.25. The summed E-state index contributed by atoms with van der Waals surface area (Å²) in [5.74, 6) is -0.914. The maximum absolute atomic E-state index is 13.8. The summed E-state index contributed by atoms with van der Waals surface area (Å²) in [4.78, 5) is 15.8. The highest BCUT2D eigenvalue weighted by Crippen LogP contribution is 2.24. The molecule has 1 saturated heterocycles. The van der Waals surface area contributed by atoms with Gasteiger partial charge in [0.05, 0.1) is 4.90 Å². The first-order valence-corrected chi connectivity index (χ1v) is 9.62. The van der Waals surface area contributed by atoms with Crippen LogP contribution in [0.5, 0.6) is 0 Å². The number of aromatic nitrogens is 1. The van der Waals surface area contributed by atoms with Gasteiger partial charge in [0.1, 0.15) is 11.3 Å². The topological polar surface area (TPSA) is 85.4 Å². The van der Waals surface area contributed by atoms with E-state index < -0.39 is 21.7 Å². The lowest BCUT2D eigenvalue weighted by molar-refractivity contribution is -0.119. The quantitative estimate of drug-likeness (QED) is 0.878. The van der Waals surface area contributed by atoms with Crippen LogP contribution in [0.1, 0.15) is 25.7 Å². The van der Waals surface area contributed by atoms with Gasteiger partial charge in [-0.2, -0.15) is 0 Å². The second-order valence-electron chi connectivity index (χ2n) is 6.10. The predicted molar refractivity (Wildman–Crippen MR) is 89.8 cm³/mol. The second kappa shape index (κ2) is 7.45. The van der Waals surface area contributed by atoms with Crippen LogP contribution in [-0.4, -0.2) is 32.5 Å². The maximum Gasteiger partial charge on any atom is 0.264 e. The van der Waals surface area contributed by atoms with Crippen molar-refractivity contribution in [2.45, 2.75) is 30.6 Å². The molecule has 1 atom stereocenters. The van der Waals surface area contributed by atoms with Gasteiger partial charge in [0.15, 0.2) is 0 Å². The summed E-state index contributed by atoms with van der Waals surface area (Å²) in [5, 5.41) is 0.142. The molecule has 8 heteroatoms. The van der Waals surface area contributed by atoms with Crippen LogP contribution in [0.25, 0.3) is 10.9 Å². The highest BCUT2D eigenvalue weighted by molar-refractivity contribution is 7.90. The highest BCUT2D eigenvalue weighted by atomic mass is 32.2. The van der Waals surface area contributed by atoms with Gasteiger partial charge in [-0.1, -0.05) is 0 Å². The van der Waals surface area contributed by atoms with Crippen molar-refractivity contribution in [3.05, 3.63) is 36.3 Å². The molecule has 0 spiro atoms. The van der Waals surface area contributed by atoms with Gasteiger partial charge < -0.3 is 4.74 Å². The zero-order chi connectivity index (χ0) is 17.9. The number of nitrogens with one attached hydrogen (secondary N) is 1. The normalized spacial score (nSPS) is 18.2. The molecule has 2 aromatic rings. The first-order chi connectivity index (χ1) is 12.0. The van der Waals surface area contributed by atoms with Crippen molar-refractivity contribution in [1.82, 2.24) is 9.71 Å². The Kier molecular flexibility index (Phi) is 5.29. The molecule has 134 valence electrons. The molecule has 1 aliphatic heterocycles. The summed E-state index contributed by atoms with van der Waals surface area (Å²) in [5.41, 5.74) is -0.0443. The molecule has 1 aliphatic rings. The van der Waals surface area contributed by atoms with Crippen LogP contribution < -0.4 is 4.72 Å². The van der Waals surface area contributed by atoms with Gasteiger partial charge in [-0.25, -0.2) is 17.5 Å². The van der Waals surface area contributed by atoms with Crippen LogP contribution >= 0.6 is 0 Å². The van der Waals surface area contributed by atoms with Crippen LogP contribution in [0.15, 0.2) is 35.4 Å². The molecule has 0 aliphatic carbocycles. The molecule has 0 radical (unpaired) electrons. The third kappa shape index (κ3) is 4.13. The SMILES string of the molecule is O=C(CC[C@H]1CCCOC1)NS(=O)(=O)c1ccc(F)c2ncccc12. The lowest BCUT2D eigenvalue weighted by Gasteiger charge is -2.21. The summed E-state index contributed by atoms with van der Waals surface area (Å²) in [6.07, 6.45) is 4.00.